The summed E-state index contributed by atoms with van der Waals surface area (Å²) in [5.74, 6) is 0.737. The van der Waals surface area contributed by atoms with Gasteiger partial charge in [0.1, 0.15) is 5.82 Å². The van der Waals surface area contributed by atoms with Gasteiger partial charge in [-0.2, -0.15) is 0 Å². The van der Waals surface area contributed by atoms with Crippen molar-refractivity contribution in [1.82, 2.24) is 4.98 Å². The standard InChI is InChI=1S/C9H15N3O2S/c1-8-3-4-9(12-7-8)11-5-2-6-15(10,13)14/h3-4,7H,2,5-6H2,1H3,(H,11,12)(H2,10,13,14). The molecule has 0 amide bonds. The molecule has 6 heteroatoms. The van der Waals surface area contributed by atoms with Crippen LogP contribution < -0.4 is 10.5 Å². The van der Waals surface area contributed by atoms with Crippen LogP contribution in [0.2, 0.25) is 0 Å². The molecule has 0 spiro atoms. The van der Waals surface area contributed by atoms with Crippen LogP contribution in [0.1, 0.15) is 12.0 Å². The van der Waals surface area contributed by atoms with Gasteiger partial charge in [0.2, 0.25) is 10.0 Å². The maximum atomic E-state index is 10.6. The Morgan fingerprint density at radius 1 is 1.47 bits per heavy atom. The van der Waals surface area contributed by atoms with Gasteiger partial charge in [0.05, 0.1) is 5.75 Å². The van der Waals surface area contributed by atoms with Crippen molar-refractivity contribution in [3.8, 4) is 0 Å². The van der Waals surface area contributed by atoms with Crippen molar-refractivity contribution in [2.24, 2.45) is 5.14 Å². The number of aryl methyl sites for hydroxylation is 1. The Hall–Kier alpha value is -1.14. The maximum Gasteiger partial charge on any atom is 0.209 e. The van der Waals surface area contributed by atoms with Gasteiger partial charge in [-0.3, -0.25) is 0 Å². The van der Waals surface area contributed by atoms with Crippen LogP contribution in [0.5, 0.6) is 0 Å². The molecule has 0 saturated carbocycles. The fraction of sp³-hybridized carbons (Fsp3) is 0.444. The number of sulfonamides is 1. The first-order valence-corrected chi connectivity index (χ1v) is 6.36. The molecule has 15 heavy (non-hydrogen) atoms. The average Bonchev–Trinajstić information content (AvgIpc) is 2.14. The zero-order valence-electron chi connectivity index (χ0n) is 8.60. The Bertz CT molecular complexity index is 400. The van der Waals surface area contributed by atoms with Crippen LogP contribution in [0.4, 0.5) is 5.82 Å². The van der Waals surface area contributed by atoms with Crippen molar-refractivity contribution in [3.63, 3.8) is 0 Å². The molecule has 0 saturated heterocycles. The second-order valence-corrected chi connectivity index (χ2v) is 5.10. The van der Waals surface area contributed by atoms with Crippen molar-refractivity contribution >= 4 is 15.8 Å². The highest BCUT2D eigenvalue weighted by Gasteiger charge is 2.01. The van der Waals surface area contributed by atoms with Crippen LogP contribution in [0, 0.1) is 6.92 Å². The molecule has 0 aliphatic heterocycles. The third-order valence-electron chi connectivity index (χ3n) is 1.82. The lowest BCUT2D eigenvalue weighted by molar-refractivity contribution is 0.595. The zero-order valence-corrected chi connectivity index (χ0v) is 9.42. The summed E-state index contributed by atoms with van der Waals surface area (Å²) in [5, 5.41) is 7.88. The molecule has 0 atom stereocenters. The smallest absolute Gasteiger partial charge is 0.209 e. The highest BCUT2D eigenvalue weighted by Crippen LogP contribution is 2.03. The number of nitrogens with two attached hydrogens (primary N) is 1. The zero-order chi connectivity index (χ0) is 11.3. The van der Waals surface area contributed by atoms with Gasteiger partial charge in [-0.05, 0) is 25.0 Å². The Kier molecular flexibility index (Phi) is 4.05. The van der Waals surface area contributed by atoms with Crippen LogP contribution in [-0.2, 0) is 10.0 Å². The summed E-state index contributed by atoms with van der Waals surface area (Å²) < 4.78 is 21.2. The third kappa shape index (κ3) is 5.34. The van der Waals surface area contributed by atoms with E-state index in [1.807, 2.05) is 19.1 Å². The summed E-state index contributed by atoms with van der Waals surface area (Å²) >= 11 is 0. The molecule has 1 aromatic heterocycles. The first kappa shape index (κ1) is 11.9. The maximum absolute atomic E-state index is 10.6. The van der Waals surface area contributed by atoms with Crippen LogP contribution in [0.25, 0.3) is 0 Å². The molecule has 1 rings (SSSR count). The molecule has 0 fully saturated rings. The van der Waals surface area contributed by atoms with Gasteiger partial charge >= 0.3 is 0 Å². The van der Waals surface area contributed by atoms with Crippen LogP contribution in [0.3, 0.4) is 0 Å². The van der Waals surface area contributed by atoms with E-state index >= 15 is 0 Å². The summed E-state index contributed by atoms with van der Waals surface area (Å²) in [6.07, 6.45) is 2.23. The van der Waals surface area contributed by atoms with Crippen molar-refractivity contribution in [1.29, 1.82) is 0 Å². The largest absolute Gasteiger partial charge is 0.370 e. The molecule has 3 N–H and O–H groups in total. The molecule has 84 valence electrons. The highest BCUT2D eigenvalue weighted by molar-refractivity contribution is 7.89. The van der Waals surface area contributed by atoms with E-state index in [4.69, 9.17) is 5.14 Å². The van der Waals surface area contributed by atoms with Gasteiger partial charge in [0, 0.05) is 12.7 Å². The quantitative estimate of drug-likeness (QED) is 0.719. The fourth-order valence-electron chi connectivity index (χ4n) is 1.06. The van der Waals surface area contributed by atoms with Crippen molar-refractivity contribution < 1.29 is 8.42 Å². The molecular formula is C9H15N3O2S. The van der Waals surface area contributed by atoms with Gasteiger partial charge in [-0.15, -0.1) is 0 Å². The Labute approximate surface area is 89.8 Å². The van der Waals surface area contributed by atoms with E-state index in [2.05, 4.69) is 10.3 Å². The number of anilines is 1. The van der Waals surface area contributed by atoms with E-state index in [9.17, 15) is 8.42 Å². The van der Waals surface area contributed by atoms with Crippen molar-refractivity contribution in [2.45, 2.75) is 13.3 Å². The number of nitrogens with zero attached hydrogens (tertiary/aromatic N) is 1. The van der Waals surface area contributed by atoms with Gasteiger partial charge in [-0.25, -0.2) is 18.5 Å². The number of pyridine rings is 1. The number of aromatic nitrogens is 1. The molecule has 0 aliphatic carbocycles. The molecule has 1 heterocycles. The van der Waals surface area contributed by atoms with Gasteiger partial charge in [0.15, 0.2) is 0 Å². The lowest BCUT2D eigenvalue weighted by atomic mass is 10.3. The second-order valence-electron chi connectivity index (χ2n) is 3.37. The topological polar surface area (TPSA) is 85.1 Å². The molecule has 0 aliphatic rings. The summed E-state index contributed by atoms with van der Waals surface area (Å²) in [4.78, 5) is 4.12. The molecule has 0 aromatic carbocycles. The van der Waals surface area contributed by atoms with E-state index in [1.54, 1.807) is 6.20 Å². The fourth-order valence-corrected chi connectivity index (χ4v) is 1.61. The molecule has 0 radical (unpaired) electrons. The first-order chi connectivity index (χ1) is 6.97. The molecule has 0 unspecified atom stereocenters. The predicted octanol–water partition coefficient (Wildman–Crippen LogP) is 0.481. The van der Waals surface area contributed by atoms with E-state index in [0.29, 0.717) is 13.0 Å². The Morgan fingerprint density at radius 3 is 2.73 bits per heavy atom. The van der Waals surface area contributed by atoms with Crippen LogP contribution >= 0.6 is 0 Å². The SMILES string of the molecule is Cc1ccc(NCCCS(N)(=O)=O)nc1. The van der Waals surface area contributed by atoms with Crippen molar-refractivity contribution in [3.05, 3.63) is 23.9 Å². The number of nitrogens with one attached hydrogen (secondary N) is 1. The summed E-state index contributed by atoms with van der Waals surface area (Å²) in [7, 11) is -3.35. The summed E-state index contributed by atoms with van der Waals surface area (Å²) in [6, 6.07) is 3.79. The van der Waals surface area contributed by atoms with Crippen LogP contribution in [-0.4, -0.2) is 25.7 Å². The lowest BCUT2D eigenvalue weighted by Crippen LogP contribution is -2.18. The van der Waals surface area contributed by atoms with E-state index in [1.165, 1.54) is 0 Å². The minimum absolute atomic E-state index is 0.00807. The number of rotatable bonds is 5. The number of primary sulfonamides is 1. The van der Waals surface area contributed by atoms with Crippen LogP contribution in [0.15, 0.2) is 18.3 Å². The van der Waals surface area contributed by atoms with Gasteiger partial charge in [-0.1, -0.05) is 6.07 Å². The van der Waals surface area contributed by atoms with Gasteiger partial charge in [0.25, 0.3) is 0 Å². The Morgan fingerprint density at radius 2 is 2.20 bits per heavy atom. The lowest BCUT2D eigenvalue weighted by Gasteiger charge is -2.04. The number of hydrogen-bond donors (Lipinski definition) is 2. The third-order valence-corrected chi connectivity index (χ3v) is 2.68. The molecule has 1 aromatic rings. The van der Waals surface area contributed by atoms with Crippen molar-refractivity contribution in [2.75, 3.05) is 17.6 Å². The summed E-state index contributed by atoms with van der Waals surface area (Å²) in [5.41, 5.74) is 1.09. The minimum Gasteiger partial charge on any atom is -0.370 e. The molecule has 5 nitrogen and oxygen atoms in total. The average molecular weight is 229 g/mol. The van der Waals surface area contributed by atoms with E-state index in [0.717, 1.165) is 11.4 Å². The molecular weight excluding hydrogens is 214 g/mol. The van der Waals surface area contributed by atoms with Gasteiger partial charge < -0.3 is 5.32 Å². The minimum atomic E-state index is -3.35. The molecule has 0 bridgehead atoms. The summed E-state index contributed by atoms with van der Waals surface area (Å²) in [6.45, 7) is 2.50. The monoisotopic (exact) mass is 229 g/mol. The van der Waals surface area contributed by atoms with E-state index in [-0.39, 0.29) is 5.75 Å². The van der Waals surface area contributed by atoms with E-state index < -0.39 is 10.0 Å². The highest BCUT2D eigenvalue weighted by atomic mass is 32.2. The first-order valence-electron chi connectivity index (χ1n) is 4.64. The second kappa shape index (κ2) is 5.09. The Balaban J connectivity index is 2.29. The predicted molar refractivity (Wildman–Crippen MR) is 60.1 cm³/mol. The number of hydrogen-bond acceptors (Lipinski definition) is 4. The normalized spacial score (nSPS) is 11.3.